The van der Waals surface area contributed by atoms with E-state index in [1.807, 2.05) is 60.7 Å². The fourth-order valence-corrected chi connectivity index (χ4v) is 3.45. The minimum absolute atomic E-state index is 0.118. The number of rotatable bonds is 3. The normalized spacial score (nSPS) is 12.8. The Labute approximate surface area is 150 Å². The lowest BCUT2D eigenvalue weighted by Crippen LogP contribution is -1.81. The van der Waals surface area contributed by atoms with E-state index in [2.05, 4.69) is 12.1 Å². The Morgan fingerprint density at radius 3 is 2.32 bits per heavy atom. The SMILES string of the molecule is COc1ccc(-c2ccc(C3=CC=CC(=C(C#N)C#N)C=C3)s2)cc1. The van der Waals surface area contributed by atoms with Crippen molar-refractivity contribution >= 4 is 16.9 Å². The molecule has 1 aromatic carbocycles. The van der Waals surface area contributed by atoms with E-state index in [0.29, 0.717) is 5.57 Å². The fourth-order valence-electron chi connectivity index (χ4n) is 2.43. The van der Waals surface area contributed by atoms with Crippen LogP contribution in [0.1, 0.15) is 4.88 Å². The Morgan fingerprint density at radius 1 is 0.920 bits per heavy atom. The maximum absolute atomic E-state index is 9.00. The highest BCUT2D eigenvalue weighted by Crippen LogP contribution is 2.34. The molecule has 1 aliphatic carbocycles. The molecule has 0 unspecified atom stereocenters. The number of ether oxygens (including phenoxy) is 1. The van der Waals surface area contributed by atoms with E-state index in [1.165, 1.54) is 4.88 Å². The minimum atomic E-state index is 0.118. The van der Waals surface area contributed by atoms with Crippen LogP contribution in [0.3, 0.4) is 0 Å². The molecule has 0 radical (unpaired) electrons. The number of nitriles is 2. The quantitative estimate of drug-likeness (QED) is 0.713. The van der Waals surface area contributed by atoms with Crippen LogP contribution < -0.4 is 4.74 Å². The first-order valence-corrected chi connectivity index (χ1v) is 8.42. The predicted molar refractivity (Wildman–Crippen MR) is 101 cm³/mol. The van der Waals surface area contributed by atoms with E-state index in [0.717, 1.165) is 21.8 Å². The first-order valence-electron chi connectivity index (χ1n) is 7.60. The van der Waals surface area contributed by atoms with Gasteiger partial charge < -0.3 is 4.74 Å². The van der Waals surface area contributed by atoms with E-state index >= 15 is 0 Å². The zero-order valence-electron chi connectivity index (χ0n) is 13.6. The summed E-state index contributed by atoms with van der Waals surface area (Å²) in [6.07, 6.45) is 9.38. The zero-order valence-corrected chi connectivity index (χ0v) is 14.4. The van der Waals surface area contributed by atoms with Gasteiger partial charge in [0.2, 0.25) is 0 Å². The predicted octanol–water partition coefficient (Wildman–Crippen LogP) is 5.28. The standard InChI is InChI=1S/C21H14N2OS/c1-24-19-9-7-17(8-10-19)21-12-11-20(25-21)16-4-2-3-15(5-6-16)18(13-22)14-23/h2-12H,1H3. The first-order chi connectivity index (χ1) is 12.2. The van der Waals surface area contributed by atoms with Crippen molar-refractivity contribution in [2.75, 3.05) is 7.11 Å². The average molecular weight is 342 g/mol. The molecular weight excluding hydrogens is 328 g/mol. The molecule has 2 aromatic rings. The Hall–Kier alpha value is -3.34. The third kappa shape index (κ3) is 3.61. The highest BCUT2D eigenvalue weighted by atomic mass is 32.1. The van der Waals surface area contributed by atoms with E-state index in [-0.39, 0.29) is 5.57 Å². The minimum Gasteiger partial charge on any atom is -0.497 e. The molecule has 0 bridgehead atoms. The second kappa shape index (κ2) is 7.49. The first kappa shape index (κ1) is 16.5. The highest BCUT2D eigenvalue weighted by molar-refractivity contribution is 7.16. The van der Waals surface area contributed by atoms with Gasteiger partial charge in [0.1, 0.15) is 23.5 Å². The second-order valence-electron chi connectivity index (χ2n) is 5.26. The van der Waals surface area contributed by atoms with Crippen molar-refractivity contribution in [1.82, 2.24) is 0 Å². The third-order valence-electron chi connectivity index (χ3n) is 3.77. The van der Waals surface area contributed by atoms with Crippen LogP contribution >= 0.6 is 11.3 Å². The monoisotopic (exact) mass is 342 g/mol. The second-order valence-corrected chi connectivity index (χ2v) is 6.34. The van der Waals surface area contributed by atoms with Crippen LogP contribution in [-0.2, 0) is 0 Å². The van der Waals surface area contributed by atoms with E-state index < -0.39 is 0 Å². The van der Waals surface area contributed by atoms with Crippen LogP contribution in [0.2, 0.25) is 0 Å². The molecule has 3 rings (SSSR count). The van der Waals surface area contributed by atoms with Crippen molar-refractivity contribution in [3.05, 3.63) is 82.8 Å². The molecule has 1 aliphatic rings. The average Bonchev–Trinajstić information content (AvgIpc) is 3.02. The lowest BCUT2D eigenvalue weighted by atomic mass is 10.1. The molecule has 0 N–H and O–H groups in total. The summed E-state index contributed by atoms with van der Waals surface area (Å²) >= 11 is 1.70. The van der Waals surface area contributed by atoms with Gasteiger partial charge in [-0.2, -0.15) is 10.5 Å². The number of hydrogen-bond acceptors (Lipinski definition) is 4. The molecule has 1 heterocycles. The largest absolute Gasteiger partial charge is 0.497 e. The number of benzene rings is 1. The summed E-state index contributed by atoms with van der Waals surface area (Å²) in [5, 5.41) is 18.0. The van der Waals surface area contributed by atoms with Crippen LogP contribution in [0.25, 0.3) is 16.0 Å². The van der Waals surface area contributed by atoms with Gasteiger partial charge >= 0.3 is 0 Å². The Morgan fingerprint density at radius 2 is 1.64 bits per heavy atom. The van der Waals surface area contributed by atoms with Gasteiger partial charge in [0.15, 0.2) is 0 Å². The fraction of sp³-hybridized carbons (Fsp3) is 0.0476. The molecule has 0 spiro atoms. The summed E-state index contributed by atoms with van der Waals surface area (Å²) in [6, 6.07) is 16.0. The van der Waals surface area contributed by atoms with E-state index in [1.54, 1.807) is 24.5 Å². The molecule has 0 fully saturated rings. The summed E-state index contributed by atoms with van der Waals surface area (Å²) in [4.78, 5) is 2.30. The number of allylic oxidation sites excluding steroid dienone is 8. The van der Waals surface area contributed by atoms with Crippen molar-refractivity contribution in [1.29, 1.82) is 10.5 Å². The number of nitrogens with zero attached hydrogens (tertiary/aromatic N) is 2. The molecule has 0 amide bonds. The van der Waals surface area contributed by atoms with Crippen LogP contribution in [0, 0.1) is 22.7 Å². The lowest BCUT2D eigenvalue weighted by molar-refractivity contribution is 0.415. The van der Waals surface area contributed by atoms with E-state index in [4.69, 9.17) is 15.3 Å². The van der Waals surface area contributed by atoms with Gasteiger partial charge in [-0.25, -0.2) is 0 Å². The summed E-state index contributed by atoms with van der Waals surface area (Å²) < 4.78 is 5.19. The zero-order chi connectivity index (χ0) is 17.6. The Kier molecular flexibility index (Phi) is 4.95. The molecule has 3 nitrogen and oxygen atoms in total. The van der Waals surface area contributed by atoms with Gasteiger partial charge in [-0.15, -0.1) is 11.3 Å². The van der Waals surface area contributed by atoms with Crippen LogP contribution in [0.4, 0.5) is 0 Å². The van der Waals surface area contributed by atoms with Crippen molar-refractivity contribution in [3.8, 4) is 28.3 Å². The Bertz CT molecular complexity index is 974. The van der Waals surface area contributed by atoms with Gasteiger partial charge in [0.05, 0.1) is 7.11 Å². The Balaban J connectivity index is 1.88. The van der Waals surface area contributed by atoms with Crippen LogP contribution in [0.5, 0.6) is 5.75 Å². The van der Waals surface area contributed by atoms with Crippen LogP contribution in [0.15, 0.2) is 77.9 Å². The topological polar surface area (TPSA) is 56.8 Å². The number of hydrogen-bond donors (Lipinski definition) is 0. The summed E-state index contributed by atoms with van der Waals surface area (Å²) in [5.74, 6) is 0.838. The van der Waals surface area contributed by atoms with Crippen molar-refractivity contribution in [3.63, 3.8) is 0 Å². The smallest absolute Gasteiger partial charge is 0.136 e. The molecule has 0 saturated carbocycles. The molecular formula is C21H14N2OS. The molecule has 0 aliphatic heterocycles. The molecule has 1 aromatic heterocycles. The highest BCUT2D eigenvalue weighted by Gasteiger charge is 2.08. The summed E-state index contributed by atoms with van der Waals surface area (Å²) in [5.41, 5.74) is 2.93. The lowest BCUT2D eigenvalue weighted by Gasteiger charge is -2.01. The van der Waals surface area contributed by atoms with Gasteiger partial charge in [-0.05, 0) is 47.5 Å². The molecule has 120 valence electrons. The number of thiophene rings is 1. The third-order valence-corrected chi connectivity index (χ3v) is 4.95. The van der Waals surface area contributed by atoms with Gasteiger partial charge in [-0.3, -0.25) is 0 Å². The van der Waals surface area contributed by atoms with Crippen LogP contribution in [-0.4, -0.2) is 7.11 Å². The molecule has 0 saturated heterocycles. The molecule has 25 heavy (non-hydrogen) atoms. The van der Waals surface area contributed by atoms with E-state index in [9.17, 15) is 0 Å². The molecule has 0 atom stereocenters. The van der Waals surface area contributed by atoms with Gasteiger partial charge in [-0.1, -0.05) is 30.4 Å². The maximum Gasteiger partial charge on any atom is 0.136 e. The van der Waals surface area contributed by atoms with Gasteiger partial charge in [0.25, 0.3) is 0 Å². The summed E-state index contributed by atoms with van der Waals surface area (Å²) in [6.45, 7) is 0. The van der Waals surface area contributed by atoms with Crippen molar-refractivity contribution in [2.45, 2.75) is 0 Å². The van der Waals surface area contributed by atoms with Crippen molar-refractivity contribution in [2.24, 2.45) is 0 Å². The summed E-state index contributed by atoms with van der Waals surface area (Å²) in [7, 11) is 1.66. The van der Waals surface area contributed by atoms with Crippen molar-refractivity contribution < 1.29 is 4.74 Å². The van der Waals surface area contributed by atoms with Gasteiger partial charge in [0, 0.05) is 15.3 Å². The number of methoxy groups -OCH3 is 1. The maximum atomic E-state index is 9.00. The molecule has 4 heteroatoms.